The number of nitriles is 1. The third-order valence-corrected chi connectivity index (χ3v) is 3.70. The van der Waals surface area contributed by atoms with Gasteiger partial charge >= 0.3 is 0 Å². The van der Waals surface area contributed by atoms with E-state index in [-0.39, 0.29) is 5.54 Å². The van der Waals surface area contributed by atoms with E-state index in [0.717, 1.165) is 19.6 Å². The summed E-state index contributed by atoms with van der Waals surface area (Å²) in [6, 6.07) is 2.70. The molecule has 86 valence electrons. The minimum absolute atomic E-state index is 0.271. The molecule has 1 heterocycles. The molecule has 0 radical (unpaired) electrons. The van der Waals surface area contributed by atoms with Crippen LogP contribution in [0, 0.1) is 11.3 Å². The van der Waals surface area contributed by atoms with Gasteiger partial charge in [0.05, 0.1) is 12.5 Å². The van der Waals surface area contributed by atoms with Crippen molar-refractivity contribution in [2.24, 2.45) is 0 Å². The molecule has 3 nitrogen and oxygen atoms in total. The number of hydrogen-bond acceptors (Lipinski definition) is 3. The summed E-state index contributed by atoms with van der Waals surface area (Å²) >= 11 is 0. The Labute approximate surface area is 93.7 Å². The highest BCUT2D eigenvalue weighted by Gasteiger charge is 2.32. The Morgan fingerprint density at radius 3 is 2.67 bits per heavy atom. The standard InChI is InChI=1S/C12H23N3/c1-5-15-10-11(6-8-13)14(4)9-7-12(15,2)3/h11H,5-7,9-10H2,1-4H3. The monoisotopic (exact) mass is 209 g/mol. The lowest BCUT2D eigenvalue weighted by Crippen LogP contribution is -2.46. The molecule has 1 unspecified atom stereocenters. The molecular formula is C12H23N3. The van der Waals surface area contributed by atoms with Gasteiger partial charge in [-0.3, -0.25) is 4.90 Å². The van der Waals surface area contributed by atoms with Gasteiger partial charge in [0.1, 0.15) is 0 Å². The van der Waals surface area contributed by atoms with Gasteiger partial charge in [0.15, 0.2) is 0 Å². The number of nitrogens with zero attached hydrogens (tertiary/aromatic N) is 3. The summed E-state index contributed by atoms with van der Waals surface area (Å²) in [6.07, 6.45) is 1.82. The first-order valence-electron chi connectivity index (χ1n) is 5.83. The highest BCUT2D eigenvalue weighted by atomic mass is 15.3. The molecule has 1 saturated heterocycles. The summed E-state index contributed by atoms with van der Waals surface area (Å²) in [5.41, 5.74) is 0.271. The van der Waals surface area contributed by atoms with E-state index >= 15 is 0 Å². The van der Waals surface area contributed by atoms with Crippen molar-refractivity contribution in [2.75, 3.05) is 26.7 Å². The van der Waals surface area contributed by atoms with E-state index in [2.05, 4.69) is 43.7 Å². The molecule has 0 spiro atoms. The van der Waals surface area contributed by atoms with Gasteiger partial charge in [0, 0.05) is 18.1 Å². The zero-order chi connectivity index (χ0) is 11.5. The second kappa shape index (κ2) is 4.96. The van der Waals surface area contributed by atoms with Crippen LogP contribution in [0.25, 0.3) is 0 Å². The molecule has 1 rings (SSSR count). The maximum Gasteiger partial charge on any atom is 0.0638 e. The fourth-order valence-corrected chi connectivity index (χ4v) is 2.31. The molecule has 0 aromatic rings. The predicted octanol–water partition coefficient (Wildman–Crippen LogP) is 1.70. The lowest BCUT2D eigenvalue weighted by molar-refractivity contribution is 0.123. The normalized spacial score (nSPS) is 28.3. The highest BCUT2D eigenvalue weighted by Crippen LogP contribution is 2.24. The van der Waals surface area contributed by atoms with Crippen LogP contribution in [0.3, 0.4) is 0 Å². The summed E-state index contributed by atoms with van der Waals surface area (Å²) in [5.74, 6) is 0. The molecular weight excluding hydrogens is 186 g/mol. The molecule has 1 fully saturated rings. The van der Waals surface area contributed by atoms with Gasteiger partial charge in [-0.2, -0.15) is 5.26 Å². The second-order valence-electron chi connectivity index (χ2n) is 5.10. The third-order valence-electron chi connectivity index (χ3n) is 3.70. The Hall–Kier alpha value is -0.590. The molecule has 0 saturated carbocycles. The van der Waals surface area contributed by atoms with Crippen LogP contribution in [0.2, 0.25) is 0 Å². The van der Waals surface area contributed by atoms with E-state index in [1.54, 1.807) is 0 Å². The summed E-state index contributed by atoms with van der Waals surface area (Å²) in [5, 5.41) is 8.82. The summed E-state index contributed by atoms with van der Waals surface area (Å²) in [7, 11) is 2.14. The van der Waals surface area contributed by atoms with E-state index in [4.69, 9.17) is 5.26 Å². The number of likely N-dealkylation sites (N-methyl/N-ethyl adjacent to an activating group) is 2. The van der Waals surface area contributed by atoms with E-state index in [1.165, 1.54) is 6.42 Å². The van der Waals surface area contributed by atoms with Crippen LogP contribution in [-0.4, -0.2) is 48.1 Å². The molecule has 1 aliphatic rings. The highest BCUT2D eigenvalue weighted by molar-refractivity contribution is 4.92. The van der Waals surface area contributed by atoms with E-state index in [0.29, 0.717) is 12.5 Å². The first-order chi connectivity index (χ1) is 7.01. The second-order valence-corrected chi connectivity index (χ2v) is 5.10. The quantitative estimate of drug-likeness (QED) is 0.693. The number of hydrogen-bond donors (Lipinski definition) is 0. The summed E-state index contributed by atoms with van der Waals surface area (Å²) in [6.45, 7) is 10.0. The van der Waals surface area contributed by atoms with Crippen LogP contribution in [0.1, 0.15) is 33.6 Å². The Morgan fingerprint density at radius 1 is 1.47 bits per heavy atom. The van der Waals surface area contributed by atoms with E-state index < -0.39 is 0 Å². The van der Waals surface area contributed by atoms with Gasteiger partial charge < -0.3 is 4.90 Å². The average Bonchev–Trinajstić information content (AvgIpc) is 2.29. The van der Waals surface area contributed by atoms with E-state index in [1.807, 2.05) is 0 Å². The predicted molar refractivity (Wildman–Crippen MR) is 62.6 cm³/mol. The van der Waals surface area contributed by atoms with Gasteiger partial charge in [-0.05, 0) is 40.4 Å². The van der Waals surface area contributed by atoms with Crippen molar-refractivity contribution in [3.05, 3.63) is 0 Å². The van der Waals surface area contributed by atoms with Gasteiger partial charge in [-0.15, -0.1) is 0 Å². The van der Waals surface area contributed by atoms with Crippen molar-refractivity contribution >= 4 is 0 Å². The van der Waals surface area contributed by atoms with Gasteiger partial charge in [0.2, 0.25) is 0 Å². The molecule has 0 amide bonds. The summed E-state index contributed by atoms with van der Waals surface area (Å²) < 4.78 is 0. The molecule has 0 aromatic carbocycles. The average molecular weight is 209 g/mol. The Kier molecular flexibility index (Phi) is 4.12. The SMILES string of the molecule is CCN1CC(CC#N)N(C)CCC1(C)C. The Bertz CT molecular complexity index is 242. The van der Waals surface area contributed by atoms with Crippen LogP contribution in [0.4, 0.5) is 0 Å². The van der Waals surface area contributed by atoms with Gasteiger partial charge in [-0.1, -0.05) is 6.92 Å². The Balaban J connectivity index is 2.76. The van der Waals surface area contributed by atoms with Crippen LogP contribution in [0.15, 0.2) is 0 Å². The molecule has 0 N–H and O–H groups in total. The third kappa shape index (κ3) is 2.93. The fraction of sp³-hybridized carbons (Fsp3) is 0.917. The lowest BCUT2D eigenvalue weighted by atomic mass is 9.98. The lowest BCUT2D eigenvalue weighted by Gasteiger charge is -2.36. The van der Waals surface area contributed by atoms with Crippen molar-refractivity contribution in [1.29, 1.82) is 5.26 Å². The maximum absolute atomic E-state index is 8.82. The van der Waals surface area contributed by atoms with Crippen molar-refractivity contribution < 1.29 is 0 Å². The maximum atomic E-state index is 8.82. The molecule has 1 aliphatic heterocycles. The van der Waals surface area contributed by atoms with E-state index in [9.17, 15) is 0 Å². The van der Waals surface area contributed by atoms with Crippen molar-refractivity contribution in [2.45, 2.75) is 45.2 Å². The van der Waals surface area contributed by atoms with Crippen LogP contribution < -0.4 is 0 Å². The van der Waals surface area contributed by atoms with Crippen molar-refractivity contribution in [1.82, 2.24) is 9.80 Å². The zero-order valence-corrected chi connectivity index (χ0v) is 10.5. The minimum Gasteiger partial charge on any atom is -0.301 e. The van der Waals surface area contributed by atoms with Crippen LogP contribution >= 0.6 is 0 Å². The first-order valence-corrected chi connectivity index (χ1v) is 5.83. The minimum atomic E-state index is 0.271. The number of rotatable bonds is 2. The van der Waals surface area contributed by atoms with Crippen LogP contribution in [-0.2, 0) is 0 Å². The molecule has 0 aliphatic carbocycles. The fourth-order valence-electron chi connectivity index (χ4n) is 2.31. The van der Waals surface area contributed by atoms with Crippen LogP contribution in [0.5, 0.6) is 0 Å². The van der Waals surface area contributed by atoms with Crippen molar-refractivity contribution in [3.8, 4) is 6.07 Å². The molecule has 3 heteroatoms. The topological polar surface area (TPSA) is 30.3 Å². The summed E-state index contributed by atoms with van der Waals surface area (Å²) in [4.78, 5) is 4.83. The smallest absolute Gasteiger partial charge is 0.0638 e. The Morgan fingerprint density at radius 2 is 2.13 bits per heavy atom. The zero-order valence-electron chi connectivity index (χ0n) is 10.5. The molecule has 15 heavy (non-hydrogen) atoms. The molecule has 0 bridgehead atoms. The van der Waals surface area contributed by atoms with Crippen molar-refractivity contribution in [3.63, 3.8) is 0 Å². The molecule has 1 atom stereocenters. The van der Waals surface area contributed by atoms with Gasteiger partial charge in [-0.25, -0.2) is 0 Å². The first kappa shape index (κ1) is 12.5. The molecule has 0 aromatic heterocycles. The largest absolute Gasteiger partial charge is 0.301 e. The van der Waals surface area contributed by atoms with Gasteiger partial charge in [0.25, 0.3) is 0 Å².